The summed E-state index contributed by atoms with van der Waals surface area (Å²) in [6.45, 7) is 12.2. The molecule has 0 saturated heterocycles. The Labute approximate surface area is 101 Å². The average molecular weight is 230 g/mol. The highest BCUT2D eigenvalue weighted by Crippen LogP contribution is 2.11. The lowest BCUT2D eigenvalue weighted by molar-refractivity contribution is 0.0540. The maximum Gasteiger partial charge on any atom is 0.0741 e. The van der Waals surface area contributed by atoms with Gasteiger partial charge in [-0.3, -0.25) is 0 Å². The van der Waals surface area contributed by atoms with Crippen LogP contribution in [0, 0.1) is 5.92 Å². The molecule has 0 bridgehead atoms. The molecule has 2 unspecified atom stereocenters. The number of rotatable bonds is 9. The Kier molecular flexibility index (Phi) is 7.98. The first-order valence-corrected chi connectivity index (χ1v) is 6.60. The number of nitrogens with zero attached hydrogens (tertiary/aromatic N) is 1. The molecular weight excluding hydrogens is 200 g/mol. The number of nitrogens with two attached hydrogens (primary N) is 1. The molecule has 0 amide bonds. The first-order valence-electron chi connectivity index (χ1n) is 6.60. The van der Waals surface area contributed by atoms with Gasteiger partial charge in [0.05, 0.1) is 5.60 Å². The van der Waals surface area contributed by atoms with Gasteiger partial charge in [-0.1, -0.05) is 27.2 Å². The maximum absolute atomic E-state index is 9.79. The van der Waals surface area contributed by atoms with Gasteiger partial charge in [-0.05, 0) is 38.8 Å². The Bertz CT molecular complexity index is 171. The molecule has 16 heavy (non-hydrogen) atoms. The molecule has 0 aliphatic rings. The summed E-state index contributed by atoms with van der Waals surface area (Å²) in [6.07, 6.45) is 3.05. The number of aliphatic hydroxyl groups is 1. The van der Waals surface area contributed by atoms with E-state index < -0.39 is 5.60 Å². The Hall–Kier alpha value is -0.120. The highest BCUT2D eigenvalue weighted by atomic mass is 16.3. The second-order valence-corrected chi connectivity index (χ2v) is 5.21. The fourth-order valence-electron chi connectivity index (χ4n) is 1.73. The molecule has 3 heteroatoms. The van der Waals surface area contributed by atoms with Crippen molar-refractivity contribution in [3.8, 4) is 0 Å². The van der Waals surface area contributed by atoms with Crippen LogP contribution in [0.25, 0.3) is 0 Å². The Morgan fingerprint density at radius 3 is 2.44 bits per heavy atom. The molecule has 0 spiro atoms. The maximum atomic E-state index is 9.79. The molecule has 0 aliphatic heterocycles. The van der Waals surface area contributed by atoms with Crippen LogP contribution in [0.5, 0.6) is 0 Å². The van der Waals surface area contributed by atoms with Crippen molar-refractivity contribution in [3.63, 3.8) is 0 Å². The molecule has 0 fully saturated rings. The molecule has 0 aromatic carbocycles. The Morgan fingerprint density at radius 1 is 1.38 bits per heavy atom. The molecule has 3 N–H and O–H groups in total. The van der Waals surface area contributed by atoms with E-state index in [4.69, 9.17) is 5.73 Å². The number of hydrogen-bond donors (Lipinski definition) is 2. The highest BCUT2D eigenvalue weighted by Gasteiger charge is 2.17. The fraction of sp³-hybridized carbons (Fsp3) is 1.00. The average Bonchev–Trinajstić information content (AvgIpc) is 2.27. The lowest BCUT2D eigenvalue weighted by atomic mass is 10.0. The summed E-state index contributed by atoms with van der Waals surface area (Å²) in [6, 6.07) is 0. The van der Waals surface area contributed by atoms with Crippen LogP contribution in [0.15, 0.2) is 0 Å². The molecule has 98 valence electrons. The molecule has 3 nitrogen and oxygen atoms in total. The van der Waals surface area contributed by atoms with Gasteiger partial charge < -0.3 is 15.7 Å². The van der Waals surface area contributed by atoms with Crippen LogP contribution < -0.4 is 5.73 Å². The van der Waals surface area contributed by atoms with Crippen LogP contribution >= 0.6 is 0 Å². The minimum Gasteiger partial charge on any atom is -0.389 e. The van der Waals surface area contributed by atoms with E-state index >= 15 is 0 Å². The van der Waals surface area contributed by atoms with Crippen molar-refractivity contribution in [1.29, 1.82) is 0 Å². The summed E-state index contributed by atoms with van der Waals surface area (Å²) in [7, 11) is 0. The summed E-state index contributed by atoms with van der Waals surface area (Å²) in [5, 5.41) is 9.79. The monoisotopic (exact) mass is 230 g/mol. The van der Waals surface area contributed by atoms with Gasteiger partial charge in [-0.15, -0.1) is 0 Å². The van der Waals surface area contributed by atoms with Crippen molar-refractivity contribution in [2.24, 2.45) is 11.7 Å². The molecule has 2 atom stereocenters. The van der Waals surface area contributed by atoms with Crippen LogP contribution in [-0.2, 0) is 0 Å². The van der Waals surface area contributed by atoms with Gasteiger partial charge in [0, 0.05) is 13.1 Å². The smallest absolute Gasteiger partial charge is 0.0741 e. The molecule has 0 aromatic rings. The molecule has 0 aromatic heterocycles. The lowest BCUT2D eigenvalue weighted by Crippen LogP contribution is -2.36. The topological polar surface area (TPSA) is 49.5 Å². The first kappa shape index (κ1) is 15.9. The summed E-state index contributed by atoms with van der Waals surface area (Å²) >= 11 is 0. The highest BCUT2D eigenvalue weighted by molar-refractivity contribution is 4.74. The van der Waals surface area contributed by atoms with Gasteiger partial charge in [0.1, 0.15) is 0 Å². The zero-order valence-corrected chi connectivity index (χ0v) is 11.5. The summed E-state index contributed by atoms with van der Waals surface area (Å²) in [5.41, 5.74) is 4.81. The predicted octanol–water partition coefficient (Wildman–Crippen LogP) is 1.84. The van der Waals surface area contributed by atoms with E-state index in [1.807, 2.05) is 6.92 Å². The number of hydrogen-bond acceptors (Lipinski definition) is 3. The van der Waals surface area contributed by atoms with Crippen molar-refractivity contribution < 1.29 is 5.11 Å². The standard InChI is InChI=1S/C13H30N2O/c1-5-12(3)10-15(6-2)9-7-8-13(4,16)11-14/h12,16H,5-11,14H2,1-4H3. The second kappa shape index (κ2) is 8.04. The van der Waals surface area contributed by atoms with E-state index in [1.165, 1.54) is 6.42 Å². The molecule has 0 heterocycles. The van der Waals surface area contributed by atoms with E-state index in [9.17, 15) is 5.11 Å². The Morgan fingerprint density at radius 2 is 2.00 bits per heavy atom. The Balaban J connectivity index is 3.79. The van der Waals surface area contributed by atoms with Crippen LogP contribution in [0.1, 0.15) is 47.0 Å². The fourth-order valence-corrected chi connectivity index (χ4v) is 1.73. The van der Waals surface area contributed by atoms with E-state index in [2.05, 4.69) is 25.7 Å². The lowest BCUT2D eigenvalue weighted by Gasteiger charge is -2.26. The van der Waals surface area contributed by atoms with Gasteiger partial charge in [0.25, 0.3) is 0 Å². The first-order chi connectivity index (χ1) is 7.45. The minimum absolute atomic E-state index is 0.352. The largest absolute Gasteiger partial charge is 0.389 e. The van der Waals surface area contributed by atoms with Crippen molar-refractivity contribution >= 4 is 0 Å². The van der Waals surface area contributed by atoms with Crippen LogP contribution in [0.4, 0.5) is 0 Å². The van der Waals surface area contributed by atoms with Crippen LogP contribution in [0.3, 0.4) is 0 Å². The van der Waals surface area contributed by atoms with E-state index in [0.29, 0.717) is 6.54 Å². The van der Waals surface area contributed by atoms with Crippen molar-refractivity contribution in [2.75, 3.05) is 26.2 Å². The van der Waals surface area contributed by atoms with Gasteiger partial charge >= 0.3 is 0 Å². The van der Waals surface area contributed by atoms with E-state index in [-0.39, 0.29) is 0 Å². The zero-order chi connectivity index (χ0) is 12.6. The van der Waals surface area contributed by atoms with Gasteiger partial charge in [0.15, 0.2) is 0 Å². The third kappa shape index (κ3) is 7.20. The molecule has 0 saturated carbocycles. The third-order valence-corrected chi connectivity index (χ3v) is 3.34. The SMILES string of the molecule is CCC(C)CN(CC)CCCC(C)(O)CN. The molecular formula is C13H30N2O. The second-order valence-electron chi connectivity index (χ2n) is 5.21. The minimum atomic E-state index is -0.685. The summed E-state index contributed by atoms with van der Waals surface area (Å²) in [4.78, 5) is 2.46. The molecule has 0 radical (unpaired) electrons. The zero-order valence-electron chi connectivity index (χ0n) is 11.5. The normalized spacial score (nSPS) is 17.4. The van der Waals surface area contributed by atoms with E-state index in [0.717, 1.165) is 38.4 Å². The van der Waals surface area contributed by atoms with Gasteiger partial charge in [-0.2, -0.15) is 0 Å². The molecule has 0 rings (SSSR count). The third-order valence-electron chi connectivity index (χ3n) is 3.34. The quantitative estimate of drug-likeness (QED) is 0.635. The van der Waals surface area contributed by atoms with Crippen molar-refractivity contribution in [3.05, 3.63) is 0 Å². The van der Waals surface area contributed by atoms with Gasteiger partial charge in [-0.25, -0.2) is 0 Å². The van der Waals surface area contributed by atoms with Crippen LogP contribution in [-0.4, -0.2) is 41.8 Å². The van der Waals surface area contributed by atoms with Crippen molar-refractivity contribution in [2.45, 2.75) is 52.6 Å². The predicted molar refractivity (Wildman–Crippen MR) is 70.5 cm³/mol. The van der Waals surface area contributed by atoms with Crippen LogP contribution in [0.2, 0.25) is 0 Å². The van der Waals surface area contributed by atoms with Crippen molar-refractivity contribution in [1.82, 2.24) is 4.90 Å². The van der Waals surface area contributed by atoms with Gasteiger partial charge in [0.2, 0.25) is 0 Å². The van der Waals surface area contributed by atoms with E-state index in [1.54, 1.807) is 0 Å². The summed E-state index contributed by atoms with van der Waals surface area (Å²) < 4.78 is 0. The molecule has 0 aliphatic carbocycles. The summed E-state index contributed by atoms with van der Waals surface area (Å²) in [5.74, 6) is 0.759.